The number of benzene rings is 1. The van der Waals surface area contributed by atoms with Crippen molar-refractivity contribution in [2.45, 2.75) is 26.8 Å². The minimum Gasteiger partial charge on any atom is -0.320 e. The van der Waals surface area contributed by atoms with Gasteiger partial charge in [-0.2, -0.15) is 0 Å². The summed E-state index contributed by atoms with van der Waals surface area (Å²) in [6, 6.07) is 6.33. The Labute approximate surface area is 100 Å². The normalized spacial score (nSPS) is 12.8. The molecule has 0 bridgehead atoms. The highest BCUT2D eigenvalue weighted by Gasteiger charge is 2.12. The van der Waals surface area contributed by atoms with Crippen molar-refractivity contribution in [3.63, 3.8) is 0 Å². The van der Waals surface area contributed by atoms with Crippen LogP contribution in [0.4, 0.5) is 0 Å². The Morgan fingerprint density at radius 3 is 2.50 bits per heavy atom. The van der Waals surface area contributed by atoms with Crippen molar-refractivity contribution in [3.8, 4) is 0 Å². The summed E-state index contributed by atoms with van der Waals surface area (Å²) in [5.74, 6) is 0. The van der Waals surface area contributed by atoms with E-state index in [4.69, 9.17) is 5.73 Å². The third kappa shape index (κ3) is 2.15. The van der Waals surface area contributed by atoms with Crippen LogP contribution in [-0.2, 0) is 0 Å². The van der Waals surface area contributed by atoms with E-state index in [1.54, 1.807) is 11.3 Å². The number of aromatic nitrogens is 1. The zero-order valence-corrected chi connectivity index (χ0v) is 10.6. The summed E-state index contributed by atoms with van der Waals surface area (Å²) in [4.78, 5) is 5.37. The van der Waals surface area contributed by atoms with Gasteiger partial charge in [0.15, 0.2) is 0 Å². The van der Waals surface area contributed by atoms with Crippen LogP contribution < -0.4 is 5.73 Å². The molecule has 0 fully saturated rings. The Balaban J connectivity index is 2.33. The molecule has 0 aliphatic rings. The van der Waals surface area contributed by atoms with E-state index < -0.39 is 0 Å². The predicted molar refractivity (Wildman–Crippen MR) is 68.8 cm³/mol. The minimum absolute atomic E-state index is 0.0505. The molecular formula is C13H16N2S. The van der Waals surface area contributed by atoms with Crippen LogP contribution in [-0.4, -0.2) is 4.98 Å². The maximum Gasteiger partial charge on any atom is 0.0897 e. The number of thiazole rings is 1. The number of nitrogens with zero attached hydrogens (tertiary/aromatic N) is 1. The Hall–Kier alpha value is -1.19. The molecule has 2 N–H and O–H groups in total. The van der Waals surface area contributed by atoms with Crippen LogP contribution in [0.1, 0.15) is 32.6 Å². The van der Waals surface area contributed by atoms with Crippen molar-refractivity contribution >= 4 is 11.3 Å². The van der Waals surface area contributed by atoms with Crippen molar-refractivity contribution in [2.75, 3.05) is 0 Å². The number of rotatable bonds is 2. The van der Waals surface area contributed by atoms with Gasteiger partial charge in [0.1, 0.15) is 0 Å². The molecule has 0 saturated carbocycles. The van der Waals surface area contributed by atoms with Crippen LogP contribution in [0.5, 0.6) is 0 Å². The van der Waals surface area contributed by atoms with Gasteiger partial charge in [-0.25, -0.2) is 4.98 Å². The summed E-state index contributed by atoms with van der Waals surface area (Å²) in [7, 11) is 0. The maximum absolute atomic E-state index is 6.22. The van der Waals surface area contributed by atoms with Gasteiger partial charge >= 0.3 is 0 Å². The Morgan fingerprint density at radius 1 is 1.19 bits per heavy atom. The van der Waals surface area contributed by atoms with Crippen LogP contribution in [0, 0.1) is 20.8 Å². The van der Waals surface area contributed by atoms with Crippen LogP contribution in [0.25, 0.3) is 0 Å². The van der Waals surface area contributed by atoms with Gasteiger partial charge in [-0.15, -0.1) is 11.3 Å². The van der Waals surface area contributed by atoms with Crippen LogP contribution >= 0.6 is 11.3 Å². The van der Waals surface area contributed by atoms with Crippen molar-refractivity contribution < 1.29 is 0 Å². The second kappa shape index (κ2) is 4.36. The lowest BCUT2D eigenvalue weighted by Crippen LogP contribution is -2.10. The largest absolute Gasteiger partial charge is 0.320 e. The molecule has 0 amide bonds. The highest BCUT2D eigenvalue weighted by molar-refractivity contribution is 7.11. The smallest absolute Gasteiger partial charge is 0.0897 e. The minimum atomic E-state index is -0.0505. The Bertz CT molecular complexity index is 502. The van der Waals surface area contributed by atoms with Gasteiger partial charge in [0.05, 0.1) is 11.0 Å². The first-order chi connectivity index (χ1) is 7.58. The maximum atomic E-state index is 6.22. The molecule has 2 rings (SSSR count). The molecule has 1 unspecified atom stereocenters. The Morgan fingerprint density at radius 2 is 1.94 bits per heavy atom. The third-order valence-electron chi connectivity index (χ3n) is 2.84. The number of aryl methyl sites for hydroxylation is 3. The number of hydrogen-bond donors (Lipinski definition) is 1. The van der Waals surface area contributed by atoms with E-state index in [-0.39, 0.29) is 6.04 Å². The summed E-state index contributed by atoms with van der Waals surface area (Å²) in [5, 5.41) is 1.06. The second-order valence-corrected chi connectivity index (χ2v) is 5.37. The van der Waals surface area contributed by atoms with Gasteiger partial charge < -0.3 is 5.73 Å². The van der Waals surface area contributed by atoms with E-state index in [1.807, 2.05) is 13.1 Å². The molecule has 16 heavy (non-hydrogen) atoms. The summed E-state index contributed by atoms with van der Waals surface area (Å²) in [6.45, 7) is 6.23. The molecule has 1 aromatic heterocycles. The molecule has 1 heterocycles. The summed E-state index contributed by atoms with van der Waals surface area (Å²) in [6.07, 6.45) is 1.87. The van der Waals surface area contributed by atoms with Gasteiger partial charge in [-0.1, -0.05) is 18.2 Å². The average molecular weight is 232 g/mol. The third-order valence-corrected chi connectivity index (χ3v) is 3.83. The molecule has 0 radical (unpaired) electrons. The van der Waals surface area contributed by atoms with E-state index in [0.29, 0.717) is 0 Å². The van der Waals surface area contributed by atoms with Crippen molar-refractivity contribution in [1.82, 2.24) is 4.98 Å². The highest BCUT2D eigenvalue weighted by atomic mass is 32.1. The van der Waals surface area contributed by atoms with Gasteiger partial charge in [0.25, 0.3) is 0 Å². The lowest BCUT2D eigenvalue weighted by atomic mass is 10.0. The van der Waals surface area contributed by atoms with Gasteiger partial charge in [-0.3, -0.25) is 0 Å². The van der Waals surface area contributed by atoms with E-state index in [9.17, 15) is 0 Å². The van der Waals surface area contributed by atoms with Crippen molar-refractivity contribution in [2.24, 2.45) is 5.73 Å². The van der Waals surface area contributed by atoms with Gasteiger partial charge in [-0.05, 0) is 37.5 Å². The topological polar surface area (TPSA) is 38.9 Å². The first-order valence-corrected chi connectivity index (χ1v) is 6.14. The zero-order valence-electron chi connectivity index (χ0n) is 9.82. The zero-order chi connectivity index (χ0) is 11.7. The van der Waals surface area contributed by atoms with Crippen LogP contribution in [0.2, 0.25) is 0 Å². The van der Waals surface area contributed by atoms with Gasteiger partial charge in [0.2, 0.25) is 0 Å². The molecule has 2 aromatic rings. The lowest BCUT2D eigenvalue weighted by Gasteiger charge is -2.11. The first kappa shape index (κ1) is 11.3. The van der Waals surface area contributed by atoms with E-state index in [0.717, 1.165) is 15.4 Å². The van der Waals surface area contributed by atoms with Crippen LogP contribution in [0.3, 0.4) is 0 Å². The molecule has 0 aliphatic heterocycles. The summed E-state index contributed by atoms with van der Waals surface area (Å²) < 4.78 is 0. The van der Waals surface area contributed by atoms with E-state index >= 15 is 0 Å². The SMILES string of the molecule is Cc1ncc(C(N)c2ccc(C)c(C)c2)s1. The monoisotopic (exact) mass is 232 g/mol. The fourth-order valence-corrected chi connectivity index (χ4v) is 2.46. The molecule has 3 heteroatoms. The fraction of sp³-hybridized carbons (Fsp3) is 0.308. The number of hydrogen-bond acceptors (Lipinski definition) is 3. The number of nitrogens with two attached hydrogens (primary N) is 1. The molecule has 2 nitrogen and oxygen atoms in total. The molecule has 0 spiro atoms. The van der Waals surface area contributed by atoms with Crippen molar-refractivity contribution in [3.05, 3.63) is 51.0 Å². The summed E-state index contributed by atoms with van der Waals surface area (Å²) >= 11 is 1.66. The molecule has 1 aromatic carbocycles. The van der Waals surface area contributed by atoms with Crippen LogP contribution in [0.15, 0.2) is 24.4 Å². The molecule has 0 aliphatic carbocycles. The fourth-order valence-electron chi connectivity index (χ4n) is 1.64. The summed E-state index contributed by atoms with van der Waals surface area (Å²) in [5.41, 5.74) is 9.97. The first-order valence-electron chi connectivity index (χ1n) is 5.33. The highest BCUT2D eigenvalue weighted by Crippen LogP contribution is 2.25. The second-order valence-electron chi connectivity index (χ2n) is 4.10. The average Bonchev–Trinajstić information content (AvgIpc) is 2.68. The predicted octanol–water partition coefficient (Wildman–Crippen LogP) is 3.12. The Kier molecular flexibility index (Phi) is 3.08. The van der Waals surface area contributed by atoms with Gasteiger partial charge in [0, 0.05) is 11.1 Å². The standard InChI is InChI=1S/C13H16N2S/c1-8-4-5-11(6-9(8)2)13(14)12-7-15-10(3)16-12/h4-7,13H,14H2,1-3H3. The lowest BCUT2D eigenvalue weighted by molar-refractivity contribution is 0.886. The van der Waals surface area contributed by atoms with E-state index in [1.165, 1.54) is 11.1 Å². The molecular weight excluding hydrogens is 216 g/mol. The molecule has 1 atom stereocenters. The van der Waals surface area contributed by atoms with E-state index in [2.05, 4.69) is 37.0 Å². The van der Waals surface area contributed by atoms with Crippen molar-refractivity contribution in [1.29, 1.82) is 0 Å². The quantitative estimate of drug-likeness (QED) is 0.864. The molecule has 84 valence electrons. The molecule has 0 saturated heterocycles.